The fourth-order valence-corrected chi connectivity index (χ4v) is 1.34. The first kappa shape index (κ1) is 7.59. The van der Waals surface area contributed by atoms with Crippen LogP contribution in [0.1, 0.15) is 16.1 Å². The van der Waals surface area contributed by atoms with Gasteiger partial charge >= 0.3 is 5.97 Å². The first-order chi connectivity index (χ1) is 4.61. The number of hydrogen-bond acceptors (Lipinski definition) is 2. The van der Waals surface area contributed by atoms with Crippen molar-refractivity contribution >= 4 is 28.6 Å². The second-order valence-corrected chi connectivity index (χ2v) is 2.93. The van der Waals surface area contributed by atoms with Crippen LogP contribution >= 0.6 is 22.6 Å². The van der Waals surface area contributed by atoms with E-state index in [-0.39, 0.29) is 5.76 Å². The van der Waals surface area contributed by atoms with Crippen LogP contribution in [0.3, 0.4) is 0 Å². The number of aromatic carboxylic acids is 1. The molecule has 0 saturated heterocycles. The Morgan fingerprint density at radius 2 is 2.40 bits per heavy atom. The average molecular weight is 252 g/mol. The van der Waals surface area contributed by atoms with E-state index in [4.69, 9.17) is 9.52 Å². The summed E-state index contributed by atoms with van der Waals surface area (Å²) in [7, 11) is 0. The minimum atomic E-state index is -1.01. The number of aryl methyl sites for hydroxylation is 1. The van der Waals surface area contributed by atoms with Gasteiger partial charge in [0.1, 0.15) is 0 Å². The Morgan fingerprint density at radius 1 is 1.80 bits per heavy atom. The highest BCUT2D eigenvalue weighted by atomic mass is 127. The summed E-state index contributed by atoms with van der Waals surface area (Å²) in [6, 6.07) is 1.68. The van der Waals surface area contributed by atoms with Crippen LogP contribution in [0.5, 0.6) is 0 Å². The van der Waals surface area contributed by atoms with Gasteiger partial charge in [0.2, 0.25) is 5.76 Å². The van der Waals surface area contributed by atoms with E-state index in [0.29, 0.717) is 9.33 Å². The summed E-state index contributed by atoms with van der Waals surface area (Å²) in [5.41, 5.74) is 0.664. The van der Waals surface area contributed by atoms with Gasteiger partial charge in [-0.1, -0.05) is 0 Å². The standard InChI is InChI=1S/C6H5IO3/c1-3-2-4(7)10-5(3)6(8)9/h2H,1H3,(H,8,9). The average Bonchev–Trinajstić information content (AvgIpc) is 2.10. The third-order valence-electron chi connectivity index (χ3n) is 1.08. The Balaban J connectivity index is 3.15. The molecule has 0 spiro atoms. The number of carboxylic acid groups (broad SMARTS) is 1. The summed E-state index contributed by atoms with van der Waals surface area (Å²) >= 11 is 1.93. The molecule has 0 aliphatic carbocycles. The summed E-state index contributed by atoms with van der Waals surface area (Å²) in [5.74, 6) is -0.982. The van der Waals surface area contributed by atoms with Crippen molar-refractivity contribution in [2.45, 2.75) is 6.92 Å². The fraction of sp³-hybridized carbons (Fsp3) is 0.167. The summed E-state index contributed by atoms with van der Waals surface area (Å²) < 4.78 is 5.47. The molecule has 0 unspecified atom stereocenters. The van der Waals surface area contributed by atoms with Crippen LogP contribution in [0.2, 0.25) is 0 Å². The maximum absolute atomic E-state index is 10.3. The van der Waals surface area contributed by atoms with Gasteiger partial charge < -0.3 is 9.52 Å². The van der Waals surface area contributed by atoms with Crippen LogP contribution < -0.4 is 0 Å². The Kier molecular flexibility index (Phi) is 1.98. The molecule has 0 aromatic carbocycles. The molecule has 54 valence electrons. The minimum Gasteiger partial charge on any atom is -0.475 e. The molecular weight excluding hydrogens is 247 g/mol. The van der Waals surface area contributed by atoms with Gasteiger partial charge in [-0.25, -0.2) is 4.79 Å². The first-order valence-electron chi connectivity index (χ1n) is 2.60. The SMILES string of the molecule is Cc1cc(I)oc1C(=O)O. The molecule has 1 aromatic heterocycles. The number of rotatable bonds is 1. The molecule has 4 heteroatoms. The highest BCUT2D eigenvalue weighted by Crippen LogP contribution is 2.15. The van der Waals surface area contributed by atoms with Crippen molar-refractivity contribution in [3.05, 3.63) is 21.2 Å². The topological polar surface area (TPSA) is 50.4 Å². The molecule has 0 aliphatic rings. The van der Waals surface area contributed by atoms with Gasteiger partial charge in [0.15, 0.2) is 3.77 Å². The van der Waals surface area contributed by atoms with Gasteiger partial charge in [-0.3, -0.25) is 0 Å². The van der Waals surface area contributed by atoms with E-state index in [9.17, 15) is 4.79 Å². The number of furan rings is 1. The van der Waals surface area contributed by atoms with Gasteiger partial charge in [0, 0.05) is 5.56 Å². The lowest BCUT2D eigenvalue weighted by atomic mass is 10.3. The largest absolute Gasteiger partial charge is 0.475 e. The number of carbonyl (C=O) groups is 1. The zero-order valence-electron chi connectivity index (χ0n) is 5.22. The maximum atomic E-state index is 10.3. The maximum Gasteiger partial charge on any atom is 0.372 e. The van der Waals surface area contributed by atoms with Crippen LogP contribution in [0.4, 0.5) is 0 Å². The molecule has 0 saturated carbocycles. The molecule has 0 aliphatic heterocycles. The smallest absolute Gasteiger partial charge is 0.372 e. The molecule has 10 heavy (non-hydrogen) atoms. The molecular formula is C6H5IO3. The Morgan fingerprint density at radius 3 is 2.60 bits per heavy atom. The normalized spacial score (nSPS) is 9.80. The van der Waals surface area contributed by atoms with E-state index in [1.54, 1.807) is 13.0 Å². The minimum absolute atomic E-state index is 0.0319. The van der Waals surface area contributed by atoms with E-state index in [2.05, 4.69) is 0 Å². The van der Waals surface area contributed by atoms with Gasteiger partial charge in [-0.2, -0.15) is 0 Å². The van der Waals surface area contributed by atoms with Crippen LogP contribution in [0, 0.1) is 10.7 Å². The second kappa shape index (κ2) is 2.61. The molecule has 0 radical (unpaired) electrons. The highest BCUT2D eigenvalue weighted by molar-refractivity contribution is 14.1. The Bertz CT molecular complexity index is 264. The monoisotopic (exact) mass is 252 g/mol. The van der Waals surface area contributed by atoms with Gasteiger partial charge in [-0.15, -0.1) is 0 Å². The van der Waals surface area contributed by atoms with E-state index < -0.39 is 5.97 Å². The number of hydrogen-bond donors (Lipinski definition) is 1. The lowest BCUT2D eigenvalue weighted by Gasteiger charge is -1.85. The predicted molar refractivity (Wildman–Crippen MR) is 43.1 cm³/mol. The van der Waals surface area contributed by atoms with Crippen molar-refractivity contribution in [1.82, 2.24) is 0 Å². The lowest BCUT2D eigenvalue weighted by Crippen LogP contribution is -1.94. The van der Waals surface area contributed by atoms with Crippen molar-refractivity contribution in [3.8, 4) is 0 Å². The van der Waals surface area contributed by atoms with Crippen LogP contribution in [0.25, 0.3) is 0 Å². The zero-order chi connectivity index (χ0) is 7.72. The quantitative estimate of drug-likeness (QED) is 0.776. The Labute approximate surface area is 71.2 Å². The molecule has 0 atom stereocenters. The van der Waals surface area contributed by atoms with Crippen LogP contribution in [-0.4, -0.2) is 11.1 Å². The van der Waals surface area contributed by atoms with Crippen LogP contribution in [0.15, 0.2) is 10.5 Å². The van der Waals surface area contributed by atoms with E-state index in [0.717, 1.165) is 0 Å². The zero-order valence-corrected chi connectivity index (χ0v) is 7.38. The second-order valence-electron chi connectivity index (χ2n) is 1.87. The lowest BCUT2D eigenvalue weighted by molar-refractivity contribution is 0.0659. The molecule has 1 heterocycles. The summed E-state index contributed by atoms with van der Waals surface area (Å²) in [6.07, 6.45) is 0. The molecule has 3 nitrogen and oxygen atoms in total. The molecule has 1 N–H and O–H groups in total. The highest BCUT2D eigenvalue weighted by Gasteiger charge is 2.11. The Hall–Kier alpha value is -0.520. The summed E-state index contributed by atoms with van der Waals surface area (Å²) in [6.45, 7) is 1.70. The number of halogens is 1. The van der Waals surface area contributed by atoms with Crippen molar-refractivity contribution in [1.29, 1.82) is 0 Å². The third kappa shape index (κ3) is 1.31. The summed E-state index contributed by atoms with van der Waals surface area (Å²) in [5, 5.41) is 8.48. The van der Waals surface area contributed by atoms with Crippen molar-refractivity contribution in [2.24, 2.45) is 0 Å². The van der Waals surface area contributed by atoms with Gasteiger partial charge in [-0.05, 0) is 35.6 Å². The van der Waals surface area contributed by atoms with Crippen molar-refractivity contribution in [3.63, 3.8) is 0 Å². The molecule has 1 aromatic rings. The van der Waals surface area contributed by atoms with Gasteiger partial charge in [0.25, 0.3) is 0 Å². The van der Waals surface area contributed by atoms with Gasteiger partial charge in [0.05, 0.1) is 0 Å². The van der Waals surface area contributed by atoms with E-state index >= 15 is 0 Å². The molecule has 0 fully saturated rings. The molecule has 0 bridgehead atoms. The van der Waals surface area contributed by atoms with Crippen molar-refractivity contribution < 1.29 is 14.3 Å². The summed E-state index contributed by atoms with van der Waals surface area (Å²) in [4.78, 5) is 10.3. The molecule has 0 amide bonds. The van der Waals surface area contributed by atoms with E-state index in [1.807, 2.05) is 22.6 Å². The first-order valence-corrected chi connectivity index (χ1v) is 3.68. The van der Waals surface area contributed by atoms with Crippen LogP contribution in [-0.2, 0) is 0 Å². The van der Waals surface area contributed by atoms with E-state index in [1.165, 1.54) is 0 Å². The molecule has 1 rings (SSSR count). The number of carboxylic acids is 1. The van der Waals surface area contributed by atoms with Crippen molar-refractivity contribution in [2.75, 3.05) is 0 Å². The fourth-order valence-electron chi connectivity index (χ4n) is 0.656. The third-order valence-corrected chi connectivity index (χ3v) is 1.61. The predicted octanol–water partition coefficient (Wildman–Crippen LogP) is 1.89.